The Morgan fingerprint density at radius 3 is 2.52 bits per heavy atom. The first-order valence-electron chi connectivity index (χ1n) is 7.34. The average molecular weight is 338 g/mol. The molecule has 0 saturated carbocycles. The van der Waals surface area contributed by atoms with Crippen molar-refractivity contribution < 1.29 is 19.4 Å². The molecule has 0 spiro atoms. The summed E-state index contributed by atoms with van der Waals surface area (Å²) in [6.45, 7) is 0.0679. The van der Waals surface area contributed by atoms with Gasteiger partial charge in [-0.3, -0.25) is 14.9 Å². The number of rotatable bonds is 5. The molecule has 0 aliphatic carbocycles. The zero-order valence-electron chi connectivity index (χ0n) is 13.0. The van der Waals surface area contributed by atoms with Gasteiger partial charge in [0.1, 0.15) is 12.9 Å². The number of amides is 1. The number of hydrogen-bond donors (Lipinski definition) is 2. The van der Waals surface area contributed by atoms with E-state index in [2.05, 4.69) is 15.3 Å². The van der Waals surface area contributed by atoms with Crippen LogP contribution in [0.5, 0.6) is 0 Å². The molecule has 2 N–H and O–H groups in total. The van der Waals surface area contributed by atoms with Crippen LogP contribution in [0.25, 0.3) is 5.69 Å². The standard InChI is InChI=1S/C17H14N4O4/c22-16(23)14-15(21(11-19-14)13-6-8-18-9-7-13)20-17(24)25-10-12-4-2-1-3-5-12/h1-9,11H,10H2,(H,20,24)(H,22,23). The Hall–Kier alpha value is -3.68. The van der Waals surface area contributed by atoms with E-state index >= 15 is 0 Å². The van der Waals surface area contributed by atoms with Crippen molar-refractivity contribution in [3.63, 3.8) is 0 Å². The Balaban J connectivity index is 1.79. The third-order valence-corrected chi connectivity index (χ3v) is 3.34. The Morgan fingerprint density at radius 1 is 1.12 bits per heavy atom. The maximum Gasteiger partial charge on any atom is 0.413 e. The number of anilines is 1. The number of carboxylic acid groups (broad SMARTS) is 1. The summed E-state index contributed by atoms with van der Waals surface area (Å²) in [6, 6.07) is 12.5. The van der Waals surface area contributed by atoms with Gasteiger partial charge in [0.2, 0.25) is 0 Å². The fraction of sp³-hybridized carbons (Fsp3) is 0.0588. The molecule has 0 radical (unpaired) electrons. The summed E-state index contributed by atoms with van der Waals surface area (Å²) in [4.78, 5) is 31.1. The third kappa shape index (κ3) is 3.81. The van der Waals surface area contributed by atoms with Crippen molar-refractivity contribution in [3.05, 3.63) is 72.4 Å². The molecule has 126 valence electrons. The van der Waals surface area contributed by atoms with Gasteiger partial charge in [-0.2, -0.15) is 0 Å². The zero-order chi connectivity index (χ0) is 17.6. The van der Waals surface area contributed by atoms with Crippen molar-refractivity contribution in [2.45, 2.75) is 6.61 Å². The SMILES string of the molecule is O=C(Nc1c(C(=O)O)ncn1-c1ccncc1)OCc1ccccc1. The van der Waals surface area contributed by atoms with Gasteiger partial charge in [-0.1, -0.05) is 30.3 Å². The minimum atomic E-state index is -1.26. The van der Waals surface area contributed by atoms with Crippen LogP contribution < -0.4 is 5.32 Å². The molecular weight excluding hydrogens is 324 g/mol. The highest BCUT2D eigenvalue weighted by Gasteiger charge is 2.20. The lowest BCUT2D eigenvalue weighted by atomic mass is 10.2. The van der Waals surface area contributed by atoms with Crippen molar-refractivity contribution in [2.75, 3.05) is 5.32 Å². The van der Waals surface area contributed by atoms with Crippen molar-refractivity contribution in [2.24, 2.45) is 0 Å². The fourth-order valence-electron chi connectivity index (χ4n) is 2.18. The molecule has 8 heteroatoms. The number of nitrogens with zero attached hydrogens (tertiary/aromatic N) is 3. The van der Waals surface area contributed by atoms with E-state index in [1.165, 1.54) is 10.9 Å². The number of carbonyl (C=O) groups is 2. The molecular formula is C17H14N4O4. The summed E-state index contributed by atoms with van der Waals surface area (Å²) in [5.41, 5.74) is 1.14. The molecule has 25 heavy (non-hydrogen) atoms. The van der Waals surface area contributed by atoms with Crippen LogP contribution in [0.2, 0.25) is 0 Å². The highest BCUT2D eigenvalue weighted by Crippen LogP contribution is 2.20. The predicted octanol–water partition coefficient (Wildman–Crippen LogP) is 2.71. The van der Waals surface area contributed by atoms with E-state index in [4.69, 9.17) is 4.74 Å². The predicted molar refractivity (Wildman–Crippen MR) is 88.6 cm³/mol. The van der Waals surface area contributed by atoms with Gasteiger partial charge in [0.25, 0.3) is 0 Å². The number of carbonyl (C=O) groups excluding carboxylic acids is 1. The van der Waals surface area contributed by atoms with Gasteiger partial charge in [0.05, 0.1) is 5.69 Å². The first-order chi connectivity index (χ1) is 12.1. The highest BCUT2D eigenvalue weighted by atomic mass is 16.5. The van der Waals surface area contributed by atoms with E-state index in [0.29, 0.717) is 5.69 Å². The quantitative estimate of drug-likeness (QED) is 0.741. The number of aromatic nitrogens is 3. The van der Waals surface area contributed by atoms with Crippen LogP contribution in [0, 0.1) is 0 Å². The van der Waals surface area contributed by atoms with Crippen molar-refractivity contribution >= 4 is 17.9 Å². The molecule has 0 saturated heterocycles. The number of benzene rings is 1. The maximum absolute atomic E-state index is 12.1. The fourth-order valence-corrected chi connectivity index (χ4v) is 2.18. The minimum Gasteiger partial charge on any atom is -0.476 e. The molecule has 0 unspecified atom stereocenters. The van der Waals surface area contributed by atoms with E-state index in [-0.39, 0.29) is 18.1 Å². The van der Waals surface area contributed by atoms with Crippen LogP contribution >= 0.6 is 0 Å². The zero-order valence-corrected chi connectivity index (χ0v) is 13.0. The lowest BCUT2D eigenvalue weighted by Gasteiger charge is -2.11. The van der Waals surface area contributed by atoms with Crippen LogP contribution in [0.4, 0.5) is 10.6 Å². The second kappa shape index (κ2) is 7.26. The van der Waals surface area contributed by atoms with E-state index in [1.54, 1.807) is 24.5 Å². The number of nitrogens with one attached hydrogen (secondary N) is 1. The van der Waals surface area contributed by atoms with Crippen molar-refractivity contribution in [3.8, 4) is 5.69 Å². The molecule has 0 aliphatic rings. The summed E-state index contributed by atoms with van der Waals surface area (Å²) in [5.74, 6) is -1.25. The van der Waals surface area contributed by atoms with Gasteiger partial charge in [-0.25, -0.2) is 14.6 Å². The van der Waals surface area contributed by atoms with E-state index in [1.807, 2.05) is 30.3 Å². The number of ether oxygens (including phenoxy) is 1. The molecule has 2 aromatic heterocycles. The van der Waals surface area contributed by atoms with E-state index < -0.39 is 12.1 Å². The lowest BCUT2D eigenvalue weighted by Crippen LogP contribution is -2.18. The number of imidazole rings is 1. The Labute approximate surface area is 142 Å². The van der Waals surface area contributed by atoms with Crippen LogP contribution in [-0.2, 0) is 11.3 Å². The maximum atomic E-state index is 12.1. The Bertz CT molecular complexity index is 878. The summed E-state index contributed by atoms with van der Waals surface area (Å²) < 4.78 is 6.57. The molecule has 0 atom stereocenters. The molecule has 1 aromatic carbocycles. The largest absolute Gasteiger partial charge is 0.476 e. The third-order valence-electron chi connectivity index (χ3n) is 3.34. The molecule has 0 aliphatic heterocycles. The summed E-state index contributed by atoms with van der Waals surface area (Å²) in [5, 5.41) is 11.7. The molecule has 1 amide bonds. The first kappa shape index (κ1) is 16.2. The monoisotopic (exact) mass is 338 g/mol. The highest BCUT2D eigenvalue weighted by molar-refractivity contribution is 5.96. The van der Waals surface area contributed by atoms with Gasteiger partial charge >= 0.3 is 12.1 Å². The second-order valence-electron chi connectivity index (χ2n) is 5.01. The topological polar surface area (TPSA) is 106 Å². The minimum absolute atomic E-state index is 0.0109. The van der Waals surface area contributed by atoms with Crippen LogP contribution in [0.3, 0.4) is 0 Å². The van der Waals surface area contributed by atoms with Crippen LogP contribution in [-0.4, -0.2) is 31.7 Å². The van der Waals surface area contributed by atoms with E-state index in [9.17, 15) is 14.7 Å². The smallest absolute Gasteiger partial charge is 0.413 e. The van der Waals surface area contributed by atoms with E-state index in [0.717, 1.165) is 5.56 Å². The van der Waals surface area contributed by atoms with Gasteiger partial charge in [0.15, 0.2) is 11.5 Å². The summed E-state index contributed by atoms with van der Waals surface area (Å²) in [6.07, 6.45) is 3.63. The number of hydrogen-bond acceptors (Lipinski definition) is 5. The Morgan fingerprint density at radius 2 is 1.84 bits per heavy atom. The van der Waals surface area contributed by atoms with Crippen LogP contribution in [0.15, 0.2) is 61.2 Å². The molecule has 0 bridgehead atoms. The Kier molecular flexibility index (Phi) is 4.70. The first-order valence-corrected chi connectivity index (χ1v) is 7.34. The lowest BCUT2D eigenvalue weighted by molar-refractivity contribution is 0.0692. The van der Waals surface area contributed by atoms with Gasteiger partial charge in [-0.15, -0.1) is 0 Å². The molecule has 3 rings (SSSR count). The van der Waals surface area contributed by atoms with Gasteiger partial charge in [0, 0.05) is 12.4 Å². The van der Waals surface area contributed by atoms with Gasteiger partial charge in [-0.05, 0) is 17.7 Å². The van der Waals surface area contributed by atoms with Crippen molar-refractivity contribution in [1.29, 1.82) is 0 Å². The van der Waals surface area contributed by atoms with Crippen LogP contribution in [0.1, 0.15) is 16.1 Å². The molecule has 0 fully saturated rings. The normalized spacial score (nSPS) is 10.2. The average Bonchev–Trinajstić information content (AvgIpc) is 3.05. The number of pyridine rings is 1. The molecule has 2 heterocycles. The summed E-state index contributed by atoms with van der Waals surface area (Å²) in [7, 11) is 0. The molecule has 3 aromatic rings. The van der Waals surface area contributed by atoms with Gasteiger partial charge < -0.3 is 9.84 Å². The molecule has 8 nitrogen and oxygen atoms in total. The van der Waals surface area contributed by atoms with Crippen molar-refractivity contribution in [1.82, 2.24) is 14.5 Å². The number of carboxylic acids is 1. The number of aromatic carboxylic acids is 1. The summed E-state index contributed by atoms with van der Waals surface area (Å²) >= 11 is 0. The second-order valence-corrected chi connectivity index (χ2v) is 5.01.